The van der Waals surface area contributed by atoms with Crippen molar-refractivity contribution in [3.8, 4) is 28.7 Å². The van der Waals surface area contributed by atoms with Crippen molar-refractivity contribution in [1.29, 1.82) is 0 Å². The Kier molecular flexibility index (Phi) is 20.9. The Morgan fingerprint density at radius 3 is 1.41 bits per heavy atom. The number of unbranched alkanes of at least 4 members (excludes halogenated alkanes) is 16. The molecule has 58 heavy (non-hydrogen) atoms. The summed E-state index contributed by atoms with van der Waals surface area (Å²) in [6.45, 7) is 5.67. The topological polar surface area (TPSA) is 110 Å². The van der Waals surface area contributed by atoms with E-state index in [1.165, 1.54) is 108 Å². The Morgan fingerprint density at radius 2 is 0.948 bits per heavy atom. The number of carbonyl (C=O) groups excluding carboxylic acids is 1. The maximum Gasteiger partial charge on any atom is 0.346 e. The average molecular weight is 795 g/mol. The van der Waals surface area contributed by atoms with Crippen LogP contribution in [0.1, 0.15) is 151 Å². The Bertz CT molecular complexity index is 1860. The van der Waals surface area contributed by atoms with Crippen molar-refractivity contribution in [2.45, 2.75) is 129 Å². The average Bonchev–Trinajstić information content (AvgIpc) is 3.22. The standard InChI is InChI=1S/C49H63FN2O6/c1-3-5-7-9-11-13-15-17-19-31-56-43-26-21-38(47(53)34-43)36-51-40-23-28-42(29-24-40)58-49(55)45-33-41(25-30-46(45)50)52-37-39-22-27-44(35-48(39)54)57-32-20-18-16-14-12-10-8-6-4-2/h21-30,33-37,53-54H,3-20,31-32H2,1-2H3. The number of phenols is 2. The minimum atomic E-state index is -0.882. The summed E-state index contributed by atoms with van der Waals surface area (Å²) in [5, 5.41) is 21.1. The van der Waals surface area contributed by atoms with Crippen LogP contribution < -0.4 is 14.2 Å². The van der Waals surface area contributed by atoms with Crippen LogP contribution in [-0.4, -0.2) is 41.8 Å². The number of rotatable bonds is 28. The molecule has 0 heterocycles. The lowest BCUT2D eigenvalue weighted by molar-refractivity contribution is 0.0730. The van der Waals surface area contributed by atoms with Crippen molar-refractivity contribution in [2.75, 3.05) is 13.2 Å². The summed E-state index contributed by atoms with van der Waals surface area (Å²) >= 11 is 0. The molecule has 0 saturated carbocycles. The second kappa shape index (κ2) is 26.7. The number of phenolic OH excluding ortho intramolecular Hbond substituents is 2. The summed E-state index contributed by atoms with van der Waals surface area (Å²) < 4.78 is 31.8. The van der Waals surface area contributed by atoms with Crippen LogP contribution in [0.25, 0.3) is 0 Å². The smallest absolute Gasteiger partial charge is 0.346 e. The summed E-state index contributed by atoms with van der Waals surface area (Å²) in [4.78, 5) is 21.7. The molecular weight excluding hydrogens is 732 g/mol. The third kappa shape index (κ3) is 17.1. The molecule has 0 fully saturated rings. The van der Waals surface area contributed by atoms with E-state index in [4.69, 9.17) is 14.2 Å². The summed E-state index contributed by atoms with van der Waals surface area (Å²) in [6.07, 6.45) is 25.3. The number of aliphatic imine (C=N–C) groups is 2. The second-order valence-electron chi connectivity index (χ2n) is 14.9. The highest BCUT2D eigenvalue weighted by Gasteiger charge is 2.15. The van der Waals surface area contributed by atoms with Crippen molar-refractivity contribution < 1.29 is 33.6 Å². The van der Waals surface area contributed by atoms with E-state index in [2.05, 4.69) is 23.8 Å². The zero-order valence-corrected chi connectivity index (χ0v) is 34.6. The highest BCUT2D eigenvalue weighted by atomic mass is 19.1. The van der Waals surface area contributed by atoms with E-state index in [1.54, 1.807) is 60.8 Å². The minimum absolute atomic E-state index is 0.00183. The Balaban J connectivity index is 1.20. The Morgan fingerprint density at radius 1 is 0.534 bits per heavy atom. The molecular formula is C49H63FN2O6. The van der Waals surface area contributed by atoms with Gasteiger partial charge in [-0.1, -0.05) is 117 Å². The molecule has 0 aliphatic heterocycles. The number of hydrogen-bond donors (Lipinski definition) is 2. The first-order valence-corrected chi connectivity index (χ1v) is 21.5. The van der Waals surface area contributed by atoms with Gasteiger partial charge in [0.1, 0.15) is 34.6 Å². The predicted octanol–water partition coefficient (Wildman–Crippen LogP) is 13.8. The molecule has 0 radical (unpaired) electrons. The maximum atomic E-state index is 14.7. The van der Waals surface area contributed by atoms with Crippen LogP contribution >= 0.6 is 0 Å². The molecule has 2 N–H and O–H groups in total. The molecule has 4 aromatic rings. The normalized spacial score (nSPS) is 11.4. The van der Waals surface area contributed by atoms with Crippen LogP contribution in [0.15, 0.2) is 88.8 Å². The fraction of sp³-hybridized carbons (Fsp3) is 0.449. The molecule has 8 nitrogen and oxygen atoms in total. The lowest BCUT2D eigenvalue weighted by atomic mass is 10.1. The molecule has 4 aromatic carbocycles. The number of benzene rings is 4. The number of nitrogens with zero attached hydrogens (tertiary/aromatic N) is 2. The summed E-state index contributed by atoms with van der Waals surface area (Å²) in [7, 11) is 0. The third-order valence-corrected chi connectivity index (χ3v) is 9.96. The molecule has 0 saturated heterocycles. The third-order valence-electron chi connectivity index (χ3n) is 9.96. The van der Waals surface area contributed by atoms with Crippen molar-refractivity contribution >= 4 is 29.8 Å². The van der Waals surface area contributed by atoms with Crippen molar-refractivity contribution in [3.05, 3.63) is 101 Å². The fourth-order valence-corrected chi connectivity index (χ4v) is 6.45. The molecule has 0 unspecified atom stereocenters. The van der Waals surface area contributed by atoms with Gasteiger partial charge in [0.05, 0.1) is 30.2 Å². The molecule has 0 aliphatic rings. The van der Waals surface area contributed by atoms with Crippen molar-refractivity contribution in [3.63, 3.8) is 0 Å². The van der Waals surface area contributed by atoms with E-state index in [1.807, 2.05) is 6.07 Å². The Hall–Kier alpha value is -5.18. The minimum Gasteiger partial charge on any atom is -0.507 e. The summed E-state index contributed by atoms with van der Waals surface area (Å²) in [5.41, 5.74) is 1.58. The van der Waals surface area contributed by atoms with Gasteiger partial charge < -0.3 is 24.4 Å². The molecule has 0 aliphatic carbocycles. The van der Waals surface area contributed by atoms with E-state index in [0.717, 1.165) is 31.7 Å². The van der Waals surface area contributed by atoms with E-state index in [-0.39, 0.29) is 22.8 Å². The van der Waals surface area contributed by atoms with Gasteiger partial charge >= 0.3 is 5.97 Å². The first-order valence-electron chi connectivity index (χ1n) is 21.5. The van der Waals surface area contributed by atoms with E-state index < -0.39 is 11.8 Å². The van der Waals surface area contributed by atoms with Gasteiger partial charge in [-0.15, -0.1) is 0 Å². The predicted molar refractivity (Wildman–Crippen MR) is 234 cm³/mol. The number of aromatic hydroxyl groups is 2. The monoisotopic (exact) mass is 794 g/mol. The summed E-state index contributed by atoms with van der Waals surface area (Å²) in [5.74, 6) is -0.167. The SMILES string of the molecule is CCCCCCCCCCCOc1ccc(C=Nc2ccc(OC(=O)c3cc(N=Cc4ccc(OCCCCCCCCCCC)cc4O)ccc3F)cc2)c(O)c1. The van der Waals surface area contributed by atoms with Crippen LogP contribution in [0, 0.1) is 5.82 Å². The van der Waals surface area contributed by atoms with Gasteiger partial charge in [-0.05, 0) is 79.6 Å². The second-order valence-corrected chi connectivity index (χ2v) is 14.9. The molecule has 4 rings (SSSR count). The number of halogens is 1. The van der Waals surface area contributed by atoms with Crippen LogP contribution in [0.3, 0.4) is 0 Å². The van der Waals surface area contributed by atoms with Gasteiger partial charge in [-0.3, -0.25) is 9.98 Å². The van der Waals surface area contributed by atoms with E-state index in [9.17, 15) is 19.4 Å². The van der Waals surface area contributed by atoms with Crippen LogP contribution in [0.4, 0.5) is 15.8 Å². The highest BCUT2D eigenvalue weighted by molar-refractivity contribution is 5.93. The highest BCUT2D eigenvalue weighted by Crippen LogP contribution is 2.27. The summed E-state index contributed by atoms with van der Waals surface area (Å²) in [6, 6.07) is 20.5. The van der Waals surface area contributed by atoms with E-state index in [0.29, 0.717) is 47.2 Å². The first kappa shape index (κ1) is 45.5. The number of carbonyl (C=O) groups is 1. The molecule has 0 bridgehead atoms. The van der Waals surface area contributed by atoms with Gasteiger partial charge in [-0.2, -0.15) is 0 Å². The lowest BCUT2D eigenvalue weighted by Gasteiger charge is -2.08. The molecule has 0 aromatic heterocycles. The molecule has 0 amide bonds. The number of esters is 1. The number of hydrogen-bond acceptors (Lipinski definition) is 8. The first-order chi connectivity index (χ1) is 28.4. The largest absolute Gasteiger partial charge is 0.507 e. The molecule has 0 spiro atoms. The van der Waals surface area contributed by atoms with Crippen LogP contribution in [0.2, 0.25) is 0 Å². The van der Waals surface area contributed by atoms with Gasteiger partial charge in [0, 0.05) is 35.7 Å². The number of ether oxygens (including phenoxy) is 3. The zero-order valence-electron chi connectivity index (χ0n) is 34.6. The maximum absolute atomic E-state index is 14.7. The van der Waals surface area contributed by atoms with Crippen molar-refractivity contribution in [1.82, 2.24) is 0 Å². The van der Waals surface area contributed by atoms with Gasteiger partial charge in [0.15, 0.2) is 0 Å². The van der Waals surface area contributed by atoms with Crippen LogP contribution in [-0.2, 0) is 0 Å². The fourth-order valence-electron chi connectivity index (χ4n) is 6.45. The van der Waals surface area contributed by atoms with Crippen LogP contribution in [0.5, 0.6) is 28.7 Å². The molecule has 0 atom stereocenters. The van der Waals surface area contributed by atoms with E-state index >= 15 is 0 Å². The molecule has 312 valence electrons. The van der Waals surface area contributed by atoms with Gasteiger partial charge in [-0.25, -0.2) is 9.18 Å². The van der Waals surface area contributed by atoms with Gasteiger partial charge in [0.2, 0.25) is 0 Å². The quantitative estimate of drug-likeness (QED) is 0.0256. The Labute approximate surface area is 345 Å². The molecule has 9 heteroatoms. The van der Waals surface area contributed by atoms with Gasteiger partial charge in [0.25, 0.3) is 0 Å². The zero-order chi connectivity index (χ0) is 41.2. The lowest BCUT2D eigenvalue weighted by Crippen LogP contribution is -2.10. The van der Waals surface area contributed by atoms with Crippen molar-refractivity contribution in [2.24, 2.45) is 9.98 Å².